The molecule has 0 aromatic heterocycles. The zero-order chi connectivity index (χ0) is 36.7. The Hall–Kier alpha value is -3.48. The summed E-state index contributed by atoms with van der Waals surface area (Å²) in [6.07, 6.45) is -19.9. The van der Waals surface area contributed by atoms with E-state index in [1.54, 1.807) is 0 Å². The monoisotopic (exact) mass is 776 g/mol. The molecule has 0 unspecified atom stereocenters. The van der Waals surface area contributed by atoms with Crippen LogP contribution in [-0.4, -0.2) is 16.8 Å². The standard InChI is InChI=1S/2C14H7ClF6O2S/c15-24(22,23)11-6-2-5-10(14(19,20)21)12(11)8-3-1-4-9(7-8)13(16,17)18;15-24(22,23)11-7-3-5-9(12(11)14(19,20)21)8-4-1-2-6-10(8)13(16,17)18/h2*1-7H. The number of benzene rings is 4. The third-order valence-corrected chi connectivity index (χ3v) is 8.90. The van der Waals surface area contributed by atoms with Crippen molar-refractivity contribution in [2.75, 3.05) is 0 Å². The van der Waals surface area contributed by atoms with Crippen molar-refractivity contribution in [1.29, 1.82) is 0 Å². The molecule has 0 aliphatic rings. The lowest BCUT2D eigenvalue weighted by molar-refractivity contribution is -0.140. The zero-order valence-electron chi connectivity index (χ0n) is 22.8. The number of halogens is 14. The van der Waals surface area contributed by atoms with Crippen molar-refractivity contribution >= 4 is 39.5 Å². The SMILES string of the molecule is O=S(=O)(Cl)c1cccc(-c2ccccc2C(F)(F)F)c1C(F)(F)F.O=S(=O)(Cl)c1cccc(C(F)(F)F)c1-c1cccc(C(F)(F)F)c1. The quantitative estimate of drug-likeness (QED) is 0.153. The van der Waals surface area contributed by atoms with Crippen molar-refractivity contribution in [3.8, 4) is 22.3 Å². The Morgan fingerprint density at radius 1 is 0.458 bits per heavy atom. The summed E-state index contributed by atoms with van der Waals surface area (Å²) >= 11 is 0. The second kappa shape index (κ2) is 13.4. The molecule has 0 fully saturated rings. The molecule has 0 aliphatic carbocycles. The van der Waals surface area contributed by atoms with Crippen LogP contribution in [0.3, 0.4) is 0 Å². The second-order valence-corrected chi connectivity index (χ2v) is 14.4. The first kappa shape index (κ1) is 39.0. The smallest absolute Gasteiger partial charge is 0.207 e. The lowest BCUT2D eigenvalue weighted by atomic mass is 9.94. The molecule has 0 N–H and O–H groups in total. The third kappa shape index (κ3) is 9.15. The molecule has 0 heterocycles. The third-order valence-electron chi connectivity index (χ3n) is 6.17. The summed E-state index contributed by atoms with van der Waals surface area (Å²) in [5, 5.41) is 0. The van der Waals surface area contributed by atoms with Gasteiger partial charge in [0.25, 0.3) is 18.1 Å². The fourth-order valence-electron chi connectivity index (χ4n) is 4.34. The largest absolute Gasteiger partial charge is 0.418 e. The van der Waals surface area contributed by atoms with E-state index >= 15 is 0 Å². The number of alkyl halides is 12. The molecule has 4 aromatic carbocycles. The van der Waals surface area contributed by atoms with E-state index < -0.39 is 97.1 Å². The minimum Gasteiger partial charge on any atom is -0.207 e. The summed E-state index contributed by atoms with van der Waals surface area (Å²) in [4.78, 5) is -2.22. The summed E-state index contributed by atoms with van der Waals surface area (Å²) in [7, 11) is 0.711. The number of rotatable bonds is 4. The Kier molecular flexibility index (Phi) is 10.9. The van der Waals surface area contributed by atoms with Crippen LogP contribution in [0, 0.1) is 0 Å². The Morgan fingerprint density at radius 2 is 0.917 bits per heavy atom. The van der Waals surface area contributed by atoms with Gasteiger partial charge in [-0.15, -0.1) is 0 Å². The van der Waals surface area contributed by atoms with Gasteiger partial charge in [-0.2, -0.15) is 52.7 Å². The van der Waals surface area contributed by atoms with E-state index in [-0.39, 0.29) is 0 Å². The van der Waals surface area contributed by atoms with Crippen molar-refractivity contribution in [3.05, 3.63) is 107 Å². The van der Waals surface area contributed by atoms with Gasteiger partial charge in [0.05, 0.1) is 32.0 Å². The molecule has 0 aliphatic heterocycles. The maximum atomic E-state index is 13.3. The molecule has 0 amide bonds. The molecular weight excluding hydrogens is 763 g/mol. The minimum atomic E-state index is -5.23. The van der Waals surface area contributed by atoms with Crippen LogP contribution in [0.2, 0.25) is 0 Å². The van der Waals surface area contributed by atoms with Gasteiger partial charge in [-0.1, -0.05) is 48.5 Å². The molecule has 0 saturated heterocycles. The molecule has 260 valence electrons. The van der Waals surface area contributed by atoms with Crippen molar-refractivity contribution in [1.82, 2.24) is 0 Å². The molecule has 4 rings (SSSR count). The molecular formula is C28H14Cl2F12O4S2. The molecule has 20 heteroatoms. The average molecular weight is 777 g/mol. The minimum absolute atomic E-state index is 0.441. The molecule has 0 bridgehead atoms. The summed E-state index contributed by atoms with van der Waals surface area (Å²) in [5.41, 5.74) is -8.87. The average Bonchev–Trinajstić information content (AvgIpc) is 2.94. The van der Waals surface area contributed by atoms with Crippen LogP contribution >= 0.6 is 21.4 Å². The molecule has 0 saturated carbocycles. The van der Waals surface area contributed by atoms with Crippen LogP contribution in [0.25, 0.3) is 22.3 Å². The van der Waals surface area contributed by atoms with Gasteiger partial charge in [0, 0.05) is 26.9 Å². The lowest BCUT2D eigenvalue weighted by Crippen LogP contribution is -2.14. The molecule has 4 aromatic rings. The summed E-state index contributed by atoms with van der Waals surface area (Å²) in [6, 6.07) is 10.9. The highest BCUT2D eigenvalue weighted by Gasteiger charge is 2.42. The van der Waals surface area contributed by atoms with Gasteiger partial charge in [-0.05, 0) is 53.1 Å². The highest BCUT2D eigenvalue weighted by molar-refractivity contribution is 8.14. The lowest BCUT2D eigenvalue weighted by Gasteiger charge is -2.19. The van der Waals surface area contributed by atoms with Gasteiger partial charge in [-0.25, -0.2) is 16.8 Å². The zero-order valence-corrected chi connectivity index (χ0v) is 26.0. The maximum absolute atomic E-state index is 13.3. The predicted molar refractivity (Wildman–Crippen MR) is 150 cm³/mol. The van der Waals surface area contributed by atoms with E-state index in [0.29, 0.717) is 30.3 Å². The first-order valence-corrected chi connectivity index (χ1v) is 16.9. The van der Waals surface area contributed by atoms with Crippen LogP contribution in [-0.2, 0) is 42.8 Å². The molecule has 0 spiro atoms. The van der Waals surface area contributed by atoms with Gasteiger partial charge in [0.2, 0.25) is 0 Å². The first-order chi connectivity index (χ1) is 21.6. The predicted octanol–water partition coefficient (Wildman–Crippen LogP) is 10.6. The van der Waals surface area contributed by atoms with Gasteiger partial charge < -0.3 is 0 Å². The Labute approximate surface area is 272 Å². The Morgan fingerprint density at radius 3 is 1.42 bits per heavy atom. The van der Waals surface area contributed by atoms with Crippen LogP contribution < -0.4 is 0 Å². The van der Waals surface area contributed by atoms with E-state index in [9.17, 15) is 69.5 Å². The topological polar surface area (TPSA) is 68.3 Å². The Bertz CT molecular complexity index is 2040. The van der Waals surface area contributed by atoms with Gasteiger partial charge in [0.15, 0.2) is 0 Å². The van der Waals surface area contributed by atoms with Crippen LogP contribution in [0.15, 0.2) is 94.7 Å². The summed E-state index contributed by atoms with van der Waals surface area (Å²) in [6.45, 7) is 0. The highest BCUT2D eigenvalue weighted by Crippen LogP contribution is 2.46. The fraction of sp³-hybridized carbons (Fsp3) is 0.143. The van der Waals surface area contributed by atoms with Gasteiger partial charge in [-0.3, -0.25) is 0 Å². The van der Waals surface area contributed by atoms with Crippen molar-refractivity contribution < 1.29 is 69.5 Å². The Balaban J connectivity index is 0.000000260. The second-order valence-electron chi connectivity index (χ2n) is 9.35. The number of hydrogen-bond donors (Lipinski definition) is 0. The van der Waals surface area contributed by atoms with Crippen molar-refractivity contribution in [2.24, 2.45) is 0 Å². The highest BCUT2D eigenvalue weighted by atomic mass is 35.7. The van der Waals surface area contributed by atoms with Crippen molar-refractivity contribution in [2.45, 2.75) is 34.5 Å². The summed E-state index contributed by atoms with van der Waals surface area (Å²) < 4.78 is 203. The van der Waals surface area contributed by atoms with E-state index in [4.69, 9.17) is 21.4 Å². The molecule has 0 radical (unpaired) electrons. The van der Waals surface area contributed by atoms with Gasteiger partial charge in [0.1, 0.15) is 0 Å². The van der Waals surface area contributed by atoms with E-state index in [0.717, 1.165) is 54.6 Å². The van der Waals surface area contributed by atoms with Crippen LogP contribution in [0.1, 0.15) is 22.3 Å². The fourth-order valence-corrected chi connectivity index (χ4v) is 6.53. The van der Waals surface area contributed by atoms with E-state index in [1.165, 1.54) is 0 Å². The normalized spacial score (nSPS) is 13.1. The van der Waals surface area contributed by atoms with Crippen molar-refractivity contribution in [3.63, 3.8) is 0 Å². The van der Waals surface area contributed by atoms with E-state index in [2.05, 4.69) is 0 Å². The molecule has 0 atom stereocenters. The first-order valence-electron chi connectivity index (χ1n) is 12.3. The molecule has 4 nitrogen and oxygen atoms in total. The van der Waals surface area contributed by atoms with Crippen LogP contribution in [0.5, 0.6) is 0 Å². The number of hydrogen-bond acceptors (Lipinski definition) is 4. The van der Waals surface area contributed by atoms with E-state index in [1.807, 2.05) is 0 Å². The molecule has 48 heavy (non-hydrogen) atoms. The summed E-state index contributed by atoms with van der Waals surface area (Å²) in [5.74, 6) is 0. The maximum Gasteiger partial charge on any atom is 0.418 e. The van der Waals surface area contributed by atoms with Crippen LogP contribution in [0.4, 0.5) is 52.7 Å². The van der Waals surface area contributed by atoms with Gasteiger partial charge >= 0.3 is 24.7 Å².